The number of β-amino-alcohol motifs (C(OH)–C–C–N with tert-alkyl or cyclic N) is 1. The molecule has 0 radical (unpaired) electrons. The zero-order valence-electron chi connectivity index (χ0n) is 17.0. The molecule has 3 heterocycles. The van der Waals surface area contributed by atoms with Gasteiger partial charge >= 0.3 is 0 Å². The van der Waals surface area contributed by atoms with Gasteiger partial charge in [-0.2, -0.15) is 5.10 Å². The lowest BCUT2D eigenvalue weighted by atomic mass is 10.0. The van der Waals surface area contributed by atoms with Gasteiger partial charge in [-0.25, -0.2) is 9.07 Å². The molecule has 7 nitrogen and oxygen atoms in total. The van der Waals surface area contributed by atoms with E-state index in [-0.39, 0.29) is 11.9 Å². The number of nitrogens with zero attached hydrogens (tertiary/aromatic N) is 3. The van der Waals surface area contributed by atoms with Crippen LogP contribution in [0.15, 0.2) is 54.9 Å². The number of fused-ring (bicyclic) bond motifs is 1. The number of para-hydroxylation sites is 1. The molecule has 1 fully saturated rings. The van der Waals surface area contributed by atoms with Crippen molar-refractivity contribution >= 4 is 0 Å². The molecule has 2 atom stereocenters. The number of aliphatic hydroxyl groups is 1. The van der Waals surface area contributed by atoms with Crippen LogP contribution >= 0.6 is 0 Å². The Morgan fingerprint density at radius 2 is 2.06 bits per heavy atom. The van der Waals surface area contributed by atoms with E-state index in [0.29, 0.717) is 56.5 Å². The van der Waals surface area contributed by atoms with E-state index in [9.17, 15) is 9.50 Å². The molecule has 1 aromatic heterocycles. The van der Waals surface area contributed by atoms with Crippen LogP contribution in [0.4, 0.5) is 4.39 Å². The Hall–Kier alpha value is -3.10. The molecule has 162 valence electrons. The Labute approximate surface area is 179 Å². The summed E-state index contributed by atoms with van der Waals surface area (Å²) in [6.45, 7) is 2.63. The number of likely N-dealkylation sites (tertiary alicyclic amines) is 1. The van der Waals surface area contributed by atoms with Crippen LogP contribution in [0.5, 0.6) is 17.2 Å². The zero-order valence-corrected chi connectivity index (χ0v) is 17.0. The van der Waals surface area contributed by atoms with Crippen molar-refractivity contribution in [3.05, 3.63) is 66.2 Å². The van der Waals surface area contributed by atoms with Crippen LogP contribution in [0.2, 0.25) is 0 Å². The summed E-state index contributed by atoms with van der Waals surface area (Å²) in [4.78, 5) is 2.10. The topological polar surface area (TPSA) is 69.0 Å². The molecule has 2 aromatic carbocycles. The van der Waals surface area contributed by atoms with E-state index in [1.807, 2.05) is 30.5 Å². The summed E-state index contributed by atoms with van der Waals surface area (Å²) >= 11 is 0. The quantitative estimate of drug-likeness (QED) is 0.678. The molecular weight excluding hydrogens is 401 g/mol. The summed E-state index contributed by atoms with van der Waals surface area (Å²) < 4.78 is 33.1. The Morgan fingerprint density at radius 3 is 2.90 bits per heavy atom. The highest BCUT2D eigenvalue weighted by Crippen LogP contribution is 2.40. The fourth-order valence-electron chi connectivity index (χ4n) is 4.12. The van der Waals surface area contributed by atoms with E-state index in [1.165, 1.54) is 12.1 Å². The molecule has 1 N–H and O–H groups in total. The van der Waals surface area contributed by atoms with E-state index in [1.54, 1.807) is 16.9 Å². The van der Waals surface area contributed by atoms with Gasteiger partial charge in [-0.3, -0.25) is 4.90 Å². The van der Waals surface area contributed by atoms with Gasteiger partial charge in [-0.15, -0.1) is 0 Å². The van der Waals surface area contributed by atoms with Gasteiger partial charge in [0.25, 0.3) is 0 Å². The maximum Gasteiger partial charge on any atom is 0.203 e. The number of hydrogen-bond acceptors (Lipinski definition) is 6. The second-order valence-electron chi connectivity index (χ2n) is 7.75. The molecule has 31 heavy (non-hydrogen) atoms. The van der Waals surface area contributed by atoms with Gasteiger partial charge in [0.2, 0.25) is 5.75 Å². The third-order valence-corrected chi connectivity index (χ3v) is 5.60. The minimum absolute atomic E-state index is 0.291. The normalized spacial score (nSPS) is 21.1. The highest BCUT2D eigenvalue weighted by molar-refractivity contribution is 5.52. The van der Waals surface area contributed by atoms with E-state index in [4.69, 9.17) is 14.2 Å². The lowest BCUT2D eigenvalue weighted by Gasteiger charge is -2.36. The highest BCUT2D eigenvalue weighted by Gasteiger charge is 2.31. The van der Waals surface area contributed by atoms with Crippen molar-refractivity contribution in [1.29, 1.82) is 0 Å². The monoisotopic (exact) mass is 425 g/mol. The van der Waals surface area contributed by atoms with Gasteiger partial charge in [-0.1, -0.05) is 6.07 Å². The predicted octanol–water partition coefficient (Wildman–Crippen LogP) is 2.80. The molecule has 0 amide bonds. The van der Waals surface area contributed by atoms with E-state index in [2.05, 4.69) is 10.00 Å². The van der Waals surface area contributed by atoms with Crippen molar-refractivity contribution in [1.82, 2.24) is 14.7 Å². The first-order valence-corrected chi connectivity index (χ1v) is 10.4. The van der Waals surface area contributed by atoms with Crippen molar-refractivity contribution in [2.75, 3.05) is 26.3 Å². The summed E-state index contributed by atoms with van der Waals surface area (Å²) in [7, 11) is 0. The Morgan fingerprint density at radius 1 is 1.16 bits per heavy atom. The number of hydrogen-bond donors (Lipinski definition) is 1. The van der Waals surface area contributed by atoms with Gasteiger partial charge in [0, 0.05) is 32.0 Å². The first kappa shape index (κ1) is 19.8. The Balaban J connectivity index is 1.27. The number of halogens is 1. The van der Waals surface area contributed by atoms with Crippen molar-refractivity contribution in [3.8, 4) is 22.9 Å². The molecule has 0 saturated carbocycles. The predicted molar refractivity (Wildman–Crippen MR) is 111 cm³/mol. The van der Waals surface area contributed by atoms with Crippen molar-refractivity contribution in [2.24, 2.45) is 0 Å². The second-order valence-corrected chi connectivity index (χ2v) is 7.75. The first-order chi connectivity index (χ1) is 15.2. The fraction of sp³-hybridized carbons (Fsp3) is 0.348. The first-order valence-electron chi connectivity index (χ1n) is 10.4. The molecule has 0 bridgehead atoms. The molecule has 0 spiro atoms. The molecule has 0 aliphatic carbocycles. The maximum absolute atomic E-state index is 13.9. The summed E-state index contributed by atoms with van der Waals surface area (Å²) in [6.07, 6.45) is 3.12. The van der Waals surface area contributed by atoms with Gasteiger partial charge in [-0.05, 0) is 48.4 Å². The average molecular weight is 425 g/mol. The van der Waals surface area contributed by atoms with Gasteiger partial charge < -0.3 is 19.3 Å². The maximum atomic E-state index is 13.9. The van der Waals surface area contributed by atoms with Crippen molar-refractivity contribution in [3.63, 3.8) is 0 Å². The van der Waals surface area contributed by atoms with Crippen LogP contribution < -0.4 is 14.2 Å². The molecule has 0 unspecified atom stereocenters. The molecular formula is C23H24FN3O4. The van der Waals surface area contributed by atoms with Gasteiger partial charge in [0.05, 0.1) is 5.69 Å². The molecule has 3 aromatic rings. The number of rotatable bonds is 5. The highest BCUT2D eigenvalue weighted by atomic mass is 19.1. The summed E-state index contributed by atoms with van der Waals surface area (Å²) in [5, 5.41) is 15.0. The minimum atomic E-state index is -0.684. The van der Waals surface area contributed by atoms with Crippen LogP contribution in [0.25, 0.3) is 5.69 Å². The fourth-order valence-corrected chi connectivity index (χ4v) is 4.12. The van der Waals surface area contributed by atoms with Crippen LogP contribution in [-0.4, -0.2) is 58.3 Å². The molecule has 2 aliphatic heterocycles. The number of aliphatic hydroxyl groups excluding tert-OH is 1. The lowest BCUT2D eigenvalue weighted by molar-refractivity contribution is -0.0290. The largest absolute Gasteiger partial charge is 0.486 e. The Kier molecular flexibility index (Phi) is 5.48. The average Bonchev–Trinajstić information content (AvgIpc) is 3.31. The molecule has 8 heteroatoms. The minimum Gasteiger partial charge on any atom is -0.486 e. The van der Waals surface area contributed by atoms with E-state index in [0.717, 1.165) is 11.3 Å². The number of ether oxygens (including phenoxy) is 3. The summed E-state index contributed by atoms with van der Waals surface area (Å²) in [6, 6.07) is 12.0. The molecule has 1 saturated heterocycles. The second kappa shape index (κ2) is 8.56. The van der Waals surface area contributed by atoms with Gasteiger partial charge in [0.15, 0.2) is 11.5 Å². The lowest BCUT2D eigenvalue weighted by Crippen LogP contribution is -2.48. The van der Waals surface area contributed by atoms with E-state index >= 15 is 0 Å². The summed E-state index contributed by atoms with van der Waals surface area (Å²) in [5.41, 5.74) is 1.64. The van der Waals surface area contributed by atoms with E-state index < -0.39 is 6.10 Å². The summed E-state index contributed by atoms with van der Waals surface area (Å²) in [5.74, 6) is 1.54. The smallest absolute Gasteiger partial charge is 0.203 e. The molecule has 2 aliphatic rings. The van der Waals surface area contributed by atoms with Crippen LogP contribution in [0, 0.1) is 5.82 Å². The number of benzene rings is 2. The van der Waals surface area contributed by atoms with Crippen LogP contribution in [-0.2, 0) is 6.54 Å². The third-order valence-electron chi connectivity index (χ3n) is 5.60. The Bertz CT molecular complexity index is 1040. The third kappa shape index (κ3) is 4.22. The van der Waals surface area contributed by atoms with Crippen molar-refractivity contribution in [2.45, 2.75) is 25.2 Å². The number of piperidine rings is 1. The van der Waals surface area contributed by atoms with Crippen LogP contribution in [0.3, 0.4) is 0 Å². The van der Waals surface area contributed by atoms with Crippen LogP contribution in [0.1, 0.15) is 12.0 Å². The van der Waals surface area contributed by atoms with Gasteiger partial charge in [0.1, 0.15) is 31.2 Å². The van der Waals surface area contributed by atoms with Crippen molar-refractivity contribution < 1.29 is 23.7 Å². The number of aromatic nitrogens is 2. The zero-order chi connectivity index (χ0) is 21.2. The molecule has 5 rings (SSSR count). The SMILES string of the molecule is O[C@@H]1CN(Cc2cc(F)ccc2-n2cccn2)CC[C@H]1Oc1cccc2c1OCCO2. The standard InChI is InChI=1S/C23H24FN3O4/c24-17-5-6-18(27-9-2-8-25-27)16(13-17)14-26-10-7-20(19(28)15-26)31-22-4-1-3-21-23(22)30-12-11-29-21/h1-6,8-9,13,19-20,28H,7,10-12,14-15H2/t19-,20-/m1/s1.